The third-order valence-electron chi connectivity index (χ3n) is 8.66. The molecule has 2 unspecified atom stereocenters. The minimum Gasteiger partial charge on any atom is -0.492 e. The van der Waals surface area contributed by atoms with Gasteiger partial charge in [0.15, 0.2) is 19.5 Å². The van der Waals surface area contributed by atoms with Crippen LogP contribution < -0.4 is 0 Å². The highest BCUT2D eigenvalue weighted by molar-refractivity contribution is 8.63. The molecule has 0 bridgehead atoms. The van der Waals surface area contributed by atoms with Crippen molar-refractivity contribution in [2.45, 2.75) is 108 Å². The van der Waals surface area contributed by atoms with Gasteiger partial charge in [-0.15, -0.1) is 0 Å². The van der Waals surface area contributed by atoms with E-state index >= 15 is 0 Å². The van der Waals surface area contributed by atoms with Gasteiger partial charge in [0.25, 0.3) is 0 Å². The van der Waals surface area contributed by atoms with Gasteiger partial charge in [-0.05, 0) is 57.2 Å². The van der Waals surface area contributed by atoms with E-state index in [9.17, 15) is 10.2 Å². The fourth-order valence-corrected chi connectivity index (χ4v) is 11.7. The van der Waals surface area contributed by atoms with Crippen molar-refractivity contribution in [3.8, 4) is 5.88 Å². The van der Waals surface area contributed by atoms with Gasteiger partial charge in [-0.3, -0.25) is 4.57 Å². The van der Waals surface area contributed by atoms with E-state index in [0.29, 0.717) is 30.1 Å². The summed E-state index contributed by atoms with van der Waals surface area (Å²) in [4.78, 5) is 12.4. The highest BCUT2D eigenvalue weighted by atomic mass is 32.9. The molecule has 1 aliphatic heterocycles. The van der Waals surface area contributed by atoms with Crippen LogP contribution in [0.3, 0.4) is 0 Å². The second kappa shape index (κ2) is 11.8. The topological polar surface area (TPSA) is 112 Å². The number of hydrogen-bond acceptors (Lipinski definition) is 10. The number of aromatic nitrogens is 4. The highest BCUT2D eigenvalue weighted by Gasteiger charge is 2.46. The third kappa shape index (κ3) is 6.80. The number of nitrogens with zero attached hydrogens (tertiary/aromatic N) is 4. The number of ether oxygens (including phenoxy) is 1. The van der Waals surface area contributed by atoms with Crippen LogP contribution in [0, 0.1) is 5.92 Å². The van der Waals surface area contributed by atoms with Crippen molar-refractivity contribution in [1.29, 1.82) is 0 Å². The predicted molar refractivity (Wildman–Crippen MR) is 163 cm³/mol. The molecule has 1 aliphatic carbocycles. The second-order valence-electron chi connectivity index (χ2n) is 12.6. The molecule has 2 aromatic heterocycles. The number of hydrogen-bond donors (Lipinski definition) is 2. The molecule has 4 rings (SSSR count). The number of aliphatic hydroxyl groups excluding tert-OH is 1. The number of aromatic hydroxyl groups is 1. The maximum Gasteiger partial charge on any atom is 0.242 e. The summed E-state index contributed by atoms with van der Waals surface area (Å²) in [7, 11) is -2.11. The number of imidazole rings is 1. The summed E-state index contributed by atoms with van der Waals surface area (Å²) in [6.07, 6.45) is 3.13. The van der Waals surface area contributed by atoms with Crippen molar-refractivity contribution < 1.29 is 23.9 Å². The maximum absolute atomic E-state index is 10.9. The van der Waals surface area contributed by atoms with Gasteiger partial charge in [-0.1, -0.05) is 56.1 Å². The van der Waals surface area contributed by atoms with Gasteiger partial charge in [0.1, 0.15) is 24.8 Å². The molecule has 39 heavy (non-hydrogen) atoms. The monoisotopic (exact) mass is 614 g/mol. The van der Waals surface area contributed by atoms with Gasteiger partial charge in [0.2, 0.25) is 5.88 Å². The van der Waals surface area contributed by atoms with E-state index in [1.54, 1.807) is 17.7 Å². The SMILES string of the molecule is C=C(C)[C@@H]1CC[C@](C)(S[PH](=S)OC[C@H]2O[C@@H](n3cnc4c(O)ncnc43)CC2O[Si](C)(C)C(C)(C)C)[C@@H](O)C1. The lowest BCUT2D eigenvalue weighted by Gasteiger charge is -2.41. The molecule has 2 aromatic rings. The summed E-state index contributed by atoms with van der Waals surface area (Å²) in [5, 5.41) is 21.1. The zero-order chi connectivity index (χ0) is 28.8. The normalized spacial score (nSPS) is 31.0. The molecule has 13 heteroatoms. The average Bonchev–Trinajstić information content (AvgIpc) is 3.43. The molecule has 2 N–H and O–H groups in total. The molecular weight excluding hydrogens is 572 g/mol. The molecule has 2 fully saturated rings. The van der Waals surface area contributed by atoms with E-state index in [4.69, 9.17) is 25.5 Å². The Labute approximate surface area is 242 Å². The minimum atomic E-state index is -2.11. The zero-order valence-electron chi connectivity index (χ0n) is 24.0. The van der Waals surface area contributed by atoms with Crippen molar-refractivity contribution in [1.82, 2.24) is 19.5 Å². The van der Waals surface area contributed by atoms with E-state index in [2.05, 4.69) is 62.3 Å². The molecule has 1 saturated heterocycles. The van der Waals surface area contributed by atoms with Crippen LogP contribution in [0.2, 0.25) is 18.1 Å². The fourth-order valence-electron chi connectivity index (χ4n) is 4.95. The number of allylic oxidation sites excluding steroid dienone is 1. The number of fused-ring (bicyclic) bond motifs is 1. The largest absolute Gasteiger partial charge is 0.492 e. The third-order valence-corrected chi connectivity index (χ3v) is 18.0. The van der Waals surface area contributed by atoms with Gasteiger partial charge in [-0.25, -0.2) is 9.97 Å². The van der Waals surface area contributed by atoms with Crippen LogP contribution in [0.4, 0.5) is 0 Å². The summed E-state index contributed by atoms with van der Waals surface area (Å²) in [5.41, 5.74) is 1.98. The van der Waals surface area contributed by atoms with Crippen molar-refractivity contribution in [2.75, 3.05) is 6.61 Å². The Balaban J connectivity index is 1.47. The number of aliphatic hydroxyl groups is 1. The molecule has 3 heterocycles. The Hall–Kier alpha value is -0.853. The van der Waals surface area contributed by atoms with E-state index in [0.717, 1.165) is 24.8 Å². The minimum absolute atomic E-state index is 0.0351. The quantitative estimate of drug-likeness (QED) is 0.199. The summed E-state index contributed by atoms with van der Waals surface area (Å²) in [6, 6.07) is 0. The van der Waals surface area contributed by atoms with Gasteiger partial charge in [-0.2, -0.15) is 4.98 Å². The predicted octanol–water partition coefficient (Wildman–Crippen LogP) is 5.96. The maximum atomic E-state index is 10.9. The second-order valence-corrected chi connectivity index (χ2v) is 22.9. The van der Waals surface area contributed by atoms with E-state index in [1.165, 1.54) is 6.33 Å². The standard InChI is InChI=1S/C26H43N4O5PS2Si/c1-16(2)17-9-10-26(6,20(31)11-17)38-36(37)33-13-19-18(35-39(7,8)25(3,4)5)12-21(34-19)30-15-29-22-23(30)27-14-28-24(22)32/h14-15,17-21,31,36H,1,9-13H2,2-8H3,(H,27,28,32)/t17-,18?,19-,20+,21-,26+/m1/s1. The van der Waals surface area contributed by atoms with Crippen molar-refractivity contribution in [3.63, 3.8) is 0 Å². The van der Waals surface area contributed by atoms with E-state index in [-0.39, 0.29) is 34.1 Å². The van der Waals surface area contributed by atoms with E-state index < -0.39 is 20.5 Å². The Bertz CT molecular complexity index is 1220. The van der Waals surface area contributed by atoms with Crippen molar-refractivity contribution in [3.05, 3.63) is 24.8 Å². The van der Waals surface area contributed by atoms with Crippen LogP contribution in [0.25, 0.3) is 11.2 Å². The molecule has 0 radical (unpaired) electrons. The molecule has 1 saturated carbocycles. The summed E-state index contributed by atoms with van der Waals surface area (Å²) in [5.74, 6) is 0.202. The van der Waals surface area contributed by atoms with Crippen LogP contribution in [0.5, 0.6) is 5.88 Å². The Kier molecular flexibility index (Phi) is 9.40. The Morgan fingerprint density at radius 3 is 2.69 bits per heavy atom. The molecular formula is C26H43N4O5PS2Si. The van der Waals surface area contributed by atoms with Gasteiger partial charge >= 0.3 is 0 Å². The molecule has 7 atom stereocenters. The Morgan fingerprint density at radius 1 is 1.33 bits per heavy atom. The first-order valence-electron chi connectivity index (χ1n) is 13.5. The van der Waals surface area contributed by atoms with Crippen molar-refractivity contribution >= 4 is 48.8 Å². The van der Waals surface area contributed by atoms with Crippen LogP contribution >= 0.6 is 17.5 Å². The molecule has 0 spiro atoms. The van der Waals surface area contributed by atoms with Gasteiger partial charge in [0.05, 0.1) is 25.1 Å². The summed E-state index contributed by atoms with van der Waals surface area (Å²) in [6.45, 7) is 19.7. The first-order valence-corrected chi connectivity index (χ1v) is 20.5. The lowest BCUT2D eigenvalue weighted by molar-refractivity contribution is -0.0334. The lowest BCUT2D eigenvalue weighted by Crippen LogP contribution is -2.46. The van der Waals surface area contributed by atoms with Crippen LogP contribution in [0.1, 0.15) is 66.5 Å². The van der Waals surface area contributed by atoms with Gasteiger partial charge < -0.3 is 23.9 Å². The van der Waals surface area contributed by atoms with Crippen molar-refractivity contribution in [2.24, 2.45) is 5.92 Å². The van der Waals surface area contributed by atoms with Crippen LogP contribution in [0.15, 0.2) is 24.8 Å². The summed E-state index contributed by atoms with van der Waals surface area (Å²) < 4.78 is 21.1. The first-order chi connectivity index (χ1) is 18.1. The zero-order valence-corrected chi connectivity index (χ0v) is 27.6. The van der Waals surface area contributed by atoms with Crippen LogP contribution in [-0.4, -0.2) is 67.7 Å². The Morgan fingerprint density at radius 2 is 2.05 bits per heavy atom. The lowest BCUT2D eigenvalue weighted by atomic mass is 9.77. The molecule has 2 aliphatic rings. The number of rotatable bonds is 9. The summed E-state index contributed by atoms with van der Waals surface area (Å²) >= 11 is 7.44. The molecule has 0 aromatic carbocycles. The van der Waals surface area contributed by atoms with Crippen LogP contribution in [-0.2, 0) is 25.5 Å². The van der Waals surface area contributed by atoms with Gasteiger partial charge in [0, 0.05) is 11.2 Å². The first kappa shape index (κ1) is 31.1. The smallest absolute Gasteiger partial charge is 0.242 e. The van der Waals surface area contributed by atoms with E-state index in [1.807, 2.05) is 11.5 Å². The fraction of sp³-hybridized carbons (Fsp3) is 0.731. The molecule has 9 nitrogen and oxygen atoms in total. The molecule has 218 valence electrons. The highest BCUT2D eigenvalue weighted by Crippen LogP contribution is 2.55. The molecule has 0 amide bonds. The average molecular weight is 615 g/mol.